The topological polar surface area (TPSA) is 91.1 Å². The number of benzene rings is 1. The fourth-order valence-corrected chi connectivity index (χ4v) is 3.07. The van der Waals surface area contributed by atoms with Crippen molar-refractivity contribution in [3.05, 3.63) is 45.9 Å². The van der Waals surface area contributed by atoms with Gasteiger partial charge in [-0.25, -0.2) is 14.3 Å². The van der Waals surface area contributed by atoms with Gasteiger partial charge in [0.05, 0.1) is 0 Å². The van der Waals surface area contributed by atoms with E-state index < -0.39 is 5.69 Å². The second-order valence-electron chi connectivity index (χ2n) is 7.53. The van der Waals surface area contributed by atoms with Crippen LogP contribution in [0.25, 0.3) is 0 Å². The number of halogens is 1. The van der Waals surface area contributed by atoms with E-state index in [2.05, 4.69) is 15.2 Å². The highest BCUT2D eigenvalue weighted by atomic mass is 19.1. The van der Waals surface area contributed by atoms with Crippen LogP contribution in [0.2, 0.25) is 0 Å². The van der Waals surface area contributed by atoms with Gasteiger partial charge in [-0.2, -0.15) is 0 Å². The number of piperidine rings is 1. The second-order valence-corrected chi connectivity index (χ2v) is 7.53. The number of aromatic nitrogens is 3. The highest BCUT2D eigenvalue weighted by molar-refractivity contribution is 5.90. The molecule has 2 N–H and O–H groups in total. The number of H-pyrrole nitrogens is 2. The van der Waals surface area contributed by atoms with Gasteiger partial charge in [-0.3, -0.25) is 9.78 Å². The van der Waals surface area contributed by atoms with Gasteiger partial charge in [0.15, 0.2) is 0 Å². The van der Waals surface area contributed by atoms with Crippen molar-refractivity contribution in [3.8, 4) is 5.75 Å². The van der Waals surface area contributed by atoms with E-state index in [1.165, 1.54) is 12.1 Å². The summed E-state index contributed by atoms with van der Waals surface area (Å²) in [6.07, 6.45) is 1.26. The van der Waals surface area contributed by atoms with Crippen molar-refractivity contribution >= 4 is 5.91 Å². The van der Waals surface area contributed by atoms with E-state index in [1.807, 2.05) is 20.8 Å². The lowest BCUT2D eigenvalue weighted by Gasteiger charge is -2.33. The third kappa shape index (κ3) is 3.95. The summed E-state index contributed by atoms with van der Waals surface area (Å²) in [6, 6.07) is 4.58. The average molecular weight is 362 g/mol. The zero-order valence-corrected chi connectivity index (χ0v) is 15.1. The highest BCUT2D eigenvalue weighted by Crippen LogP contribution is 2.33. The summed E-state index contributed by atoms with van der Waals surface area (Å²) in [5.74, 6) is 0.109. The first-order valence-electron chi connectivity index (χ1n) is 8.64. The number of carbonyl (C=O) groups is 1. The average Bonchev–Trinajstić information content (AvgIpc) is 3.02. The van der Waals surface area contributed by atoms with Crippen LogP contribution in [0, 0.1) is 5.82 Å². The molecule has 1 amide bonds. The first-order chi connectivity index (χ1) is 12.2. The summed E-state index contributed by atoms with van der Waals surface area (Å²) in [5, 5.41) is 5.86. The molecule has 8 heteroatoms. The highest BCUT2D eigenvalue weighted by Gasteiger charge is 2.28. The number of likely N-dealkylation sites (tertiary alicyclic amines) is 1. The van der Waals surface area contributed by atoms with E-state index in [1.54, 1.807) is 11.0 Å². The van der Waals surface area contributed by atoms with E-state index in [-0.39, 0.29) is 29.1 Å². The summed E-state index contributed by atoms with van der Waals surface area (Å²) in [4.78, 5) is 27.4. The fraction of sp³-hybridized carbons (Fsp3) is 0.500. The molecule has 1 aliphatic rings. The summed E-state index contributed by atoms with van der Waals surface area (Å²) in [7, 11) is 0. The van der Waals surface area contributed by atoms with Crippen LogP contribution in [0.1, 0.15) is 49.8 Å². The van der Waals surface area contributed by atoms with Crippen LogP contribution < -0.4 is 10.4 Å². The van der Waals surface area contributed by atoms with Crippen LogP contribution >= 0.6 is 0 Å². The molecule has 1 aromatic heterocycles. The molecule has 1 aliphatic heterocycles. The SMILES string of the molecule is CC(C)(C)c1cc(F)ccc1OC1CCN(C(=O)c2n[nH]c(=O)[nH]2)CC1. The Morgan fingerprint density at radius 3 is 2.58 bits per heavy atom. The quantitative estimate of drug-likeness (QED) is 0.876. The van der Waals surface area contributed by atoms with E-state index in [4.69, 9.17) is 4.74 Å². The predicted molar refractivity (Wildman–Crippen MR) is 93.9 cm³/mol. The number of hydrogen-bond acceptors (Lipinski definition) is 4. The summed E-state index contributed by atoms with van der Waals surface area (Å²) < 4.78 is 19.7. The first kappa shape index (κ1) is 18.2. The smallest absolute Gasteiger partial charge is 0.341 e. The maximum absolute atomic E-state index is 13.6. The van der Waals surface area contributed by atoms with Crippen LogP contribution in [0.5, 0.6) is 5.75 Å². The Bertz CT molecular complexity index is 845. The maximum Gasteiger partial charge on any atom is 0.341 e. The molecule has 2 aromatic rings. The summed E-state index contributed by atoms with van der Waals surface area (Å²) in [6.45, 7) is 7.05. The van der Waals surface area contributed by atoms with Gasteiger partial charge in [0.25, 0.3) is 5.91 Å². The number of aromatic amines is 2. The monoisotopic (exact) mass is 362 g/mol. The lowest BCUT2D eigenvalue weighted by molar-refractivity contribution is 0.0581. The van der Waals surface area contributed by atoms with Crippen molar-refractivity contribution in [3.63, 3.8) is 0 Å². The van der Waals surface area contributed by atoms with Crippen LogP contribution in [-0.2, 0) is 5.41 Å². The molecule has 0 bridgehead atoms. The van der Waals surface area contributed by atoms with Gasteiger partial charge in [0.1, 0.15) is 17.7 Å². The molecule has 0 saturated carbocycles. The van der Waals surface area contributed by atoms with Gasteiger partial charge in [-0.1, -0.05) is 20.8 Å². The number of nitrogens with zero attached hydrogens (tertiary/aromatic N) is 2. The van der Waals surface area contributed by atoms with Gasteiger partial charge in [-0.15, -0.1) is 5.10 Å². The molecule has 1 fully saturated rings. The largest absolute Gasteiger partial charge is 0.490 e. The maximum atomic E-state index is 13.6. The minimum absolute atomic E-state index is 0.0166. The molecule has 0 radical (unpaired) electrons. The second kappa shape index (κ2) is 6.93. The number of amides is 1. The lowest BCUT2D eigenvalue weighted by atomic mass is 9.86. The minimum Gasteiger partial charge on any atom is -0.490 e. The lowest BCUT2D eigenvalue weighted by Crippen LogP contribution is -2.42. The number of carbonyl (C=O) groups excluding carboxylic acids is 1. The number of rotatable bonds is 3. The molecule has 0 unspecified atom stereocenters. The Labute approximate surface area is 150 Å². The Morgan fingerprint density at radius 1 is 1.31 bits per heavy atom. The van der Waals surface area contributed by atoms with Crippen molar-refractivity contribution in [1.82, 2.24) is 20.1 Å². The Balaban J connectivity index is 1.64. The molecule has 0 spiro atoms. The molecular weight excluding hydrogens is 339 g/mol. The predicted octanol–water partition coefficient (Wildman–Crippen LogP) is 2.22. The molecule has 0 aliphatic carbocycles. The molecule has 26 heavy (non-hydrogen) atoms. The van der Waals surface area contributed by atoms with E-state index in [0.29, 0.717) is 31.7 Å². The van der Waals surface area contributed by atoms with Gasteiger partial charge in [-0.05, 0) is 23.6 Å². The number of ether oxygens (including phenoxy) is 1. The molecule has 1 aromatic carbocycles. The Morgan fingerprint density at radius 2 is 2.00 bits per heavy atom. The van der Waals surface area contributed by atoms with E-state index in [0.717, 1.165) is 5.56 Å². The standard InChI is InChI=1S/C18H23FN4O3/c1-18(2,3)13-10-11(19)4-5-14(13)26-12-6-8-23(9-7-12)16(24)15-20-17(25)22-21-15/h4-5,10,12H,6-9H2,1-3H3,(H2,20,21,22,25). The molecule has 2 heterocycles. The van der Waals surface area contributed by atoms with Gasteiger partial charge in [0.2, 0.25) is 5.82 Å². The zero-order chi connectivity index (χ0) is 18.9. The van der Waals surface area contributed by atoms with Crippen LogP contribution in [0.15, 0.2) is 23.0 Å². The van der Waals surface area contributed by atoms with Crippen LogP contribution in [-0.4, -0.2) is 45.2 Å². The van der Waals surface area contributed by atoms with Crippen molar-refractivity contribution in [2.45, 2.75) is 45.1 Å². The van der Waals surface area contributed by atoms with Gasteiger partial charge < -0.3 is 9.64 Å². The van der Waals surface area contributed by atoms with Crippen molar-refractivity contribution in [1.29, 1.82) is 0 Å². The van der Waals surface area contributed by atoms with Crippen molar-refractivity contribution in [2.24, 2.45) is 0 Å². The molecule has 3 rings (SSSR count). The number of nitrogens with one attached hydrogen (secondary N) is 2. The molecule has 140 valence electrons. The van der Waals surface area contributed by atoms with Crippen molar-refractivity contribution < 1.29 is 13.9 Å². The summed E-state index contributed by atoms with van der Waals surface area (Å²) in [5.41, 5.74) is 0.0858. The first-order valence-corrected chi connectivity index (χ1v) is 8.64. The van der Waals surface area contributed by atoms with Gasteiger partial charge >= 0.3 is 5.69 Å². The zero-order valence-electron chi connectivity index (χ0n) is 15.1. The van der Waals surface area contributed by atoms with Crippen LogP contribution in [0.3, 0.4) is 0 Å². The normalized spacial score (nSPS) is 15.9. The molecular formula is C18H23FN4O3. The van der Waals surface area contributed by atoms with Gasteiger partial charge in [0, 0.05) is 31.5 Å². The molecule has 1 saturated heterocycles. The van der Waals surface area contributed by atoms with E-state index >= 15 is 0 Å². The molecule has 7 nitrogen and oxygen atoms in total. The van der Waals surface area contributed by atoms with E-state index in [9.17, 15) is 14.0 Å². The van der Waals surface area contributed by atoms with Crippen molar-refractivity contribution in [2.75, 3.05) is 13.1 Å². The summed E-state index contributed by atoms with van der Waals surface area (Å²) >= 11 is 0. The third-order valence-corrected chi connectivity index (χ3v) is 4.48. The fourth-order valence-electron chi connectivity index (χ4n) is 3.07. The Hall–Kier alpha value is -2.64. The number of hydrogen-bond donors (Lipinski definition) is 2. The third-order valence-electron chi connectivity index (χ3n) is 4.48. The van der Waals surface area contributed by atoms with Crippen LogP contribution in [0.4, 0.5) is 4.39 Å². The minimum atomic E-state index is -0.502. The molecule has 0 atom stereocenters. The Kier molecular flexibility index (Phi) is 4.84.